The van der Waals surface area contributed by atoms with Crippen LogP contribution in [0.2, 0.25) is 0 Å². The highest BCUT2D eigenvalue weighted by Gasteiger charge is 2.15. The zero-order valence-corrected chi connectivity index (χ0v) is 16.1. The van der Waals surface area contributed by atoms with Crippen molar-refractivity contribution in [3.8, 4) is 11.5 Å². The number of amides is 1. The maximum atomic E-state index is 12.1. The summed E-state index contributed by atoms with van der Waals surface area (Å²) in [4.78, 5) is 14.6. The van der Waals surface area contributed by atoms with Crippen molar-refractivity contribution in [2.75, 3.05) is 32.1 Å². The Balaban J connectivity index is 1.47. The second kappa shape index (κ2) is 9.42. The molecule has 1 aliphatic rings. The van der Waals surface area contributed by atoms with Gasteiger partial charge in [-0.05, 0) is 61.7 Å². The van der Waals surface area contributed by atoms with Gasteiger partial charge in [0.15, 0.2) is 18.1 Å². The Morgan fingerprint density at radius 2 is 1.74 bits per heavy atom. The van der Waals surface area contributed by atoms with E-state index in [2.05, 4.69) is 29.3 Å². The van der Waals surface area contributed by atoms with E-state index < -0.39 is 0 Å². The predicted molar refractivity (Wildman–Crippen MR) is 107 cm³/mol. The van der Waals surface area contributed by atoms with Crippen LogP contribution in [-0.2, 0) is 11.3 Å². The standard InChI is InChI=1S/C22H28N2O3/c1-17-11-13-24(14-12-17)15-18-7-9-19(10-8-18)23-22(25)16-27-21-6-4-3-5-20(21)26-2/h3-10,17H,11-16H2,1-2H3,(H,23,25). The number of carbonyl (C=O) groups excluding carboxylic acids is 1. The monoisotopic (exact) mass is 368 g/mol. The molecule has 0 spiro atoms. The van der Waals surface area contributed by atoms with E-state index in [4.69, 9.17) is 9.47 Å². The third-order valence-electron chi connectivity index (χ3n) is 4.95. The van der Waals surface area contributed by atoms with Crippen molar-refractivity contribution in [2.24, 2.45) is 5.92 Å². The number of nitrogens with one attached hydrogen (secondary N) is 1. The van der Waals surface area contributed by atoms with Crippen molar-refractivity contribution in [1.82, 2.24) is 4.90 Å². The molecule has 1 N–H and O–H groups in total. The minimum Gasteiger partial charge on any atom is -0.493 e. The van der Waals surface area contributed by atoms with Gasteiger partial charge in [-0.15, -0.1) is 0 Å². The highest BCUT2D eigenvalue weighted by Crippen LogP contribution is 2.25. The SMILES string of the molecule is COc1ccccc1OCC(=O)Nc1ccc(CN2CCC(C)CC2)cc1. The molecule has 0 unspecified atom stereocenters. The number of ether oxygens (including phenoxy) is 2. The average molecular weight is 368 g/mol. The lowest BCUT2D eigenvalue weighted by Crippen LogP contribution is -2.32. The molecular weight excluding hydrogens is 340 g/mol. The first-order chi connectivity index (χ1) is 13.1. The number of carbonyl (C=O) groups is 1. The molecule has 0 bridgehead atoms. The minimum atomic E-state index is -0.196. The number of benzene rings is 2. The van der Waals surface area contributed by atoms with Gasteiger partial charge in [-0.25, -0.2) is 0 Å². The summed E-state index contributed by atoms with van der Waals surface area (Å²) in [5.74, 6) is 1.82. The van der Waals surface area contributed by atoms with Crippen LogP contribution in [0.4, 0.5) is 5.69 Å². The Bertz CT molecular complexity index is 737. The number of anilines is 1. The van der Waals surface area contributed by atoms with Crippen molar-refractivity contribution in [3.63, 3.8) is 0 Å². The first-order valence-electron chi connectivity index (χ1n) is 9.51. The second-order valence-corrected chi connectivity index (χ2v) is 7.14. The summed E-state index contributed by atoms with van der Waals surface area (Å²) in [6, 6.07) is 15.3. The molecule has 1 fully saturated rings. The molecule has 2 aromatic carbocycles. The average Bonchev–Trinajstić information content (AvgIpc) is 2.70. The minimum absolute atomic E-state index is 0.0614. The van der Waals surface area contributed by atoms with E-state index in [1.807, 2.05) is 24.3 Å². The Labute approximate surface area is 161 Å². The molecule has 5 heteroatoms. The van der Waals surface area contributed by atoms with Crippen LogP contribution in [0.1, 0.15) is 25.3 Å². The third kappa shape index (κ3) is 5.73. The number of rotatable bonds is 7. The Kier molecular flexibility index (Phi) is 6.71. The van der Waals surface area contributed by atoms with Gasteiger partial charge >= 0.3 is 0 Å². The van der Waals surface area contributed by atoms with Gasteiger partial charge in [0.05, 0.1) is 7.11 Å². The van der Waals surface area contributed by atoms with Crippen molar-refractivity contribution in [3.05, 3.63) is 54.1 Å². The molecule has 1 amide bonds. The van der Waals surface area contributed by atoms with Crippen molar-refractivity contribution in [2.45, 2.75) is 26.3 Å². The smallest absolute Gasteiger partial charge is 0.262 e. The molecular formula is C22H28N2O3. The molecule has 0 aliphatic carbocycles. The highest BCUT2D eigenvalue weighted by atomic mass is 16.5. The first-order valence-corrected chi connectivity index (χ1v) is 9.51. The van der Waals surface area contributed by atoms with Crippen molar-refractivity contribution < 1.29 is 14.3 Å². The number of para-hydroxylation sites is 2. The Morgan fingerprint density at radius 1 is 1.07 bits per heavy atom. The van der Waals surface area contributed by atoms with Gasteiger partial charge in [0, 0.05) is 12.2 Å². The van der Waals surface area contributed by atoms with Gasteiger partial charge in [-0.2, -0.15) is 0 Å². The van der Waals surface area contributed by atoms with Crippen LogP contribution in [0.3, 0.4) is 0 Å². The molecule has 144 valence electrons. The lowest BCUT2D eigenvalue weighted by atomic mass is 9.99. The van der Waals surface area contributed by atoms with Gasteiger partial charge in [0.1, 0.15) is 0 Å². The molecule has 5 nitrogen and oxygen atoms in total. The quantitative estimate of drug-likeness (QED) is 0.804. The lowest BCUT2D eigenvalue weighted by molar-refractivity contribution is -0.118. The van der Waals surface area contributed by atoms with Gasteiger partial charge in [0.25, 0.3) is 5.91 Å². The topological polar surface area (TPSA) is 50.8 Å². The van der Waals surface area contributed by atoms with Crippen LogP contribution < -0.4 is 14.8 Å². The molecule has 1 saturated heterocycles. The Morgan fingerprint density at radius 3 is 2.41 bits per heavy atom. The maximum Gasteiger partial charge on any atom is 0.262 e. The van der Waals surface area contributed by atoms with Crippen LogP contribution in [0.5, 0.6) is 11.5 Å². The fourth-order valence-corrected chi connectivity index (χ4v) is 3.25. The van der Waals surface area contributed by atoms with Crippen LogP contribution in [0.25, 0.3) is 0 Å². The van der Waals surface area contributed by atoms with Crippen LogP contribution >= 0.6 is 0 Å². The van der Waals surface area contributed by atoms with Crippen molar-refractivity contribution >= 4 is 11.6 Å². The van der Waals surface area contributed by atoms with E-state index >= 15 is 0 Å². The van der Waals surface area contributed by atoms with E-state index in [0.717, 1.165) is 18.2 Å². The molecule has 1 aliphatic heterocycles. The van der Waals surface area contributed by atoms with Crippen LogP contribution in [0, 0.1) is 5.92 Å². The number of piperidine rings is 1. The summed E-state index contributed by atoms with van der Waals surface area (Å²) in [6.45, 7) is 5.57. The highest BCUT2D eigenvalue weighted by molar-refractivity contribution is 5.91. The largest absolute Gasteiger partial charge is 0.493 e. The lowest BCUT2D eigenvalue weighted by Gasteiger charge is -2.30. The molecule has 2 aromatic rings. The number of likely N-dealkylation sites (tertiary alicyclic amines) is 1. The molecule has 0 saturated carbocycles. The van der Waals surface area contributed by atoms with E-state index in [0.29, 0.717) is 11.5 Å². The van der Waals surface area contributed by atoms with E-state index in [9.17, 15) is 4.79 Å². The molecule has 0 radical (unpaired) electrons. The number of hydrogen-bond donors (Lipinski definition) is 1. The van der Waals surface area contributed by atoms with Crippen molar-refractivity contribution in [1.29, 1.82) is 0 Å². The number of hydrogen-bond acceptors (Lipinski definition) is 4. The summed E-state index contributed by atoms with van der Waals surface area (Å²) in [6.07, 6.45) is 2.56. The summed E-state index contributed by atoms with van der Waals surface area (Å²) >= 11 is 0. The zero-order valence-electron chi connectivity index (χ0n) is 16.1. The predicted octanol–water partition coefficient (Wildman–Crippen LogP) is 3.94. The summed E-state index contributed by atoms with van der Waals surface area (Å²) < 4.78 is 10.8. The summed E-state index contributed by atoms with van der Waals surface area (Å²) in [5.41, 5.74) is 2.05. The van der Waals surface area contributed by atoms with E-state index in [1.165, 1.54) is 31.5 Å². The van der Waals surface area contributed by atoms with E-state index in [-0.39, 0.29) is 12.5 Å². The Hall–Kier alpha value is -2.53. The van der Waals surface area contributed by atoms with Gasteiger partial charge < -0.3 is 14.8 Å². The van der Waals surface area contributed by atoms with Gasteiger partial charge in [0.2, 0.25) is 0 Å². The van der Waals surface area contributed by atoms with Gasteiger partial charge in [-0.3, -0.25) is 9.69 Å². The summed E-state index contributed by atoms with van der Waals surface area (Å²) in [7, 11) is 1.58. The van der Waals surface area contributed by atoms with Crippen LogP contribution in [0.15, 0.2) is 48.5 Å². The first kappa shape index (κ1) is 19.2. The molecule has 1 heterocycles. The summed E-state index contributed by atoms with van der Waals surface area (Å²) in [5, 5.41) is 2.87. The third-order valence-corrected chi connectivity index (χ3v) is 4.95. The zero-order chi connectivity index (χ0) is 19.1. The molecule has 3 rings (SSSR count). The van der Waals surface area contributed by atoms with Crippen LogP contribution in [-0.4, -0.2) is 37.6 Å². The molecule has 0 aromatic heterocycles. The maximum absolute atomic E-state index is 12.1. The fourth-order valence-electron chi connectivity index (χ4n) is 3.25. The second-order valence-electron chi connectivity index (χ2n) is 7.14. The molecule has 27 heavy (non-hydrogen) atoms. The normalized spacial score (nSPS) is 15.3. The van der Waals surface area contributed by atoms with E-state index in [1.54, 1.807) is 19.2 Å². The number of nitrogens with zero attached hydrogens (tertiary/aromatic N) is 1. The molecule has 0 atom stereocenters. The number of methoxy groups -OCH3 is 1. The fraction of sp³-hybridized carbons (Fsp3) is 0.409. The van der Waals surface area contributed by atoms with Gasteiger partial charge in [-0.1, -0.05) is 31.2 Å².